The summed E-state index contributed by atoms with van der Waals surface area (Å²) in [5.74, 6) is -0.0958. The summed E-state index contributed by atoms with van der Waals surface area (Å²) >= 11 is 3.42. The van der Waals surface area contributed by atoms with Crippen molar-refractivity contribution in [2.75, 3.05) is 11.9 Å². The number of benzene rings is 2. The minimum atomic E-state index is -0.0958. The summed E-state index contributed by atoms with van der Waals surface area (Å²) in [6, 6.07) is 14.6. The van der Waals surface area contributed by atoms with Crippen LogP contribution in [0.15, 0.2) is 46.9 Å². The molecule has 0 saturated carbocycles. The average Bonchev–Trinajstić information content (AvgIpc) is 2.46. The Morgan fingerprint density at radius 3 is 2.40 bits per heavy atom. The predicted octanol–water partition coefficient (Wildman–Crippen LogP) is 3.91. The molecule has 0 radical (unpaired) electrons. The Morgan fingerprint density at radius 1 is 1.20 bits per heavy atom. The molecule has 0 fully saturated rings. The molecule has 0 aliphatic rings. The van der Waals surface area contributed by atoms with Gasteiger partial charge in [-0.2, -0.15) is 5.26 Å². The number of carbonyl (C=O) groups excluding carboxylic acids is 1. The van der Waals surface area contributed by atoms with E-state index in [1.807, 2.05) is 25.1 Å². The Labute approximate surface area is 126 Å². The molecule has 1 amide bonds. The summed E-state index contributed by atoms with van der Waals surface area (Å²) in [7, 11) is 1.72. The molecule has 0 unspecified atom stereocenters. The van der Waals surface area contributed by atoms with Crippen LogP contribution in [0.4, 0.5) is 5.69 Å². The van der Waals surface area contributed by atoms with E-state index < -0.39 is 0 Å². The fourth-order valence-electron chi connectivity index (χ4n) is 1.85. The Balaban J connectivity index is 2.30. The molecule has 0 saturated heterocycles. The Kier molecular flexibility index (Phi) is 4.21. The van der Waals surface area contributed by atoms with Gasteiger partial charge in [0.1, 0.15) is 0 Å². The van der Waals surface area contributed by atoms with Gasteiger partial charge in [-0.05, 0) is 64.8 Å². The van der Waals surface area contributed by atoms with Crippen molar-refractivity contribution in [3.8, 4) is 6.07 Å². The molecule has 2 aromatic carbocycles. The van der Waals surface area contributed by atoms with Crippen LogP contribution in [-0.4, -0.2) is 13.0 Å². The standard InChI is InChI=1S/C16H13BrN2O/c1-11-3-8-14(15(17)9-11)16(20)19(2)13-6-4-12(10-18)5-7-13/h3-9H,1-2H3. The highest BCUT2D eigenvalue weighted by Crippen LogP contribution is 2.22. The number of aryl methyl sites for hydroxylation is 1. The highest BCUT2D eigenvalue weighted by Gasteiger charge is 2.16. The zero-order chi connectivity index (χ0) is 14.7. The second kappa shape index (κ2) is 5.89. The van der Waals surface area contributed by atoms with E-state index in [9.17, 15) is 4.79 Å². The van der Waals surface area contributed by atoms with Gasteiger partial charge in [0.05, 0.1) is 17.2 Å². The van der Waals surface area contributed by atoms with E-state index in [0.717, 1.165) is 15.7 Å². The molecule has 0 aromatic heterocycles. The molecule has 20 heavy (non-hydrogen) atoms. The number of nitriles is 1. The van der Waals surface area contributed by atoms with E-state index in [-0.39, 0.29) is 5.91 Å². The van der Waals surface area contributed by atoms with Crippen LogP contribution < -0.4 is 4.90 Å². The number of carbonyl (C=O) groups is 1. The quantitative estimate of drug-likeness (QED) is 0.838. The largest absolute Gasteiger partial charge is 0.311 e. The first-order chi connectivity index (χ1) is 9.52. The van der Waals surface area contributed by atoms with Gasteiger partial charge in [-0.15, -0.1) is 0 Å². The van der Waals surface area contributed by atoms with Crippen LogP contribution >= 0.6 is 15.9 Å². The zero-order valence-electron chi connectivity index (χ0n) is 11.2. The van der Waals surface area contributed by atoms with Crippen molar-refractivity contribution in [1.29, 1.82) is 5.26 Å². The maximum absolute atomic E-state index is 12.5. The van der Waals surface area contributed by atoms with Crippen LogP contribution in [-0.2, 0) is 0 Å². The summed E-state index contributed by atoms with van der Waals surface area (Å²) < 4.78 is 0.781. The summed E-state index contributed by atoms with van der Waals surface area (Å²) in [5, 5.41) is 8.78. The molecular formula is C16H13BrN2O. The maximum Gasteiger partial charge on any atom is 0.259 e. The molecule has 0 aliphatic heterocycles. The van der Waals surface area contributed by atoms with Gasteiger partial charge in [-0.3, -0.25) is 4.79 Å². The summed E-state index contributed by atoms with van der Waals surface area (Å²) in [6.45, 7) is 1.98. The first kappa shape index (κ1) is 14.3. The van der Waals surface area contributed by atoms with Gasteiger partial charge in [0.2, 0.25) is 0 Å². The van der Waals surface area contributed by atoms with Gasteiger partial charge >= 0.3 is 0 Å². The predicted molar refractivity (Wildman–Crippen MR) is 82.8 cm³/mol. The number of anilines is 1. The van der Waals surface area contributed by atoms with E-state index >= 15 is 0 Å². The topological polar surface area (TPSA) is 44.1 Å². The van der Waals surface area contributed by atoms with Crippen molar-refractivity contribution in [1.82, 2.24) is 0 Å². The Hall–Kier alpha value is -2.12. The van der Waals surface area contributed by atoms with Crippen molar-refractivity contribution >= 4 is 27.5 Å². The average molecular weight is 329 g/mol. The summed E-state index contributed by atoms with van der Waals surface area (Å²) in [5.41, 5.74) is 3.03. The lowest BCUT2D eigenvalue weighted by molar-refractivity contribution is 0.0992. The molecule has 2 aromatic rings. The highest BCUT2D eigenvalue weighted by atomic mass is 79.9. The van der Waals surface area contributed by atoms with Gasteiger partial charge in [-0.1, -0.05) is 6.07 Å². The van der Waals surface area contributed by atoms with Crippen molar-refractivity contribution in [3.63, 3.8) is 0 Å². The number of hydrogen-bond acceptors (Lipinski definition) is 2. The number of amides is 1. The number of nitrogens with zero attached hydrogens (tertiary/aromatic N) is 2. The lowest BCUT2D eigenvalue weighted by atomic mass is 10.1. The molecule has 2 rings (SSSR count). The van der Waals surface area contributed by atoms with Crippen LogP contribution in [0, 0.1) is 18.3 Å². The summed E-state index contributed by atoms with van der Waals surface area (Å²) in [4.78, 5) is 14.0. The minimum Gasteiger partial charge on any atom is -0.311 e. The lowest BCUT2D eigenvalue weighted by Crippen LogP contribution is -2.26. The van der Waals surface area contributed by atoms with E-state index in [0.29, 0.717) is 11.1 Å². The molecule has 0 aliphatic carbocycles. The fraction of sp³-hybridized carbons (Fsp3) is 0.125. The number of rotatable bonds is 2. The third-order valence-electron chi connectivity index (χ3n) is 3.04. The lowest BCUT2D eigenvalue weighted by Gasteiger charge is -2.18. The van der Waals surface area contributed by atoms with Gasteiger partial charge in [0, 0.05) is 17.2 Å². The van der Waals surface area contributed by atoms with Crippen molar-refractivity contribution in [2.45, 2.75) is 6.92 Å². The molecule has 0 atom stereocenters. The van der Waals surface area contributed by atoms with Gasteiger partial charge < -0.3 is 4.90 Å². The molecule has 0 N–H and O–H groups in total. The van der Waals surface area contributed by atoms with Crippen molar-refractivity contribution in [3.05, 3.63) is 63.6 Å². The second-order valence-electron chi connectivity index (χ2n) is 4.51. The highest BCUT2D eigenvalue weighted by molar-refractivity contribution is 9.10. The van der Waals surface area contributed by atoms with Crippen LogP contribution in [0.2, 0.25) is 0 Å². The van der Waals surface area contributed by atoms with Crippen LogP contribution in [0.25, 0.3) is 0 Å². The molecule has 100 valence electrons. The van der Waals surface area contributed by atoms with Crippen LogP contribution in [0.1, 0.15) is 21.5 Å². The van der Waals surface area contributed by atoms with Crippen LogP contribution in [0.5, 0.6) is 0 Å². The molecule has 3 nitrogen and oxygen atoms in total. The maximum atomic E-state index is 12.5. The van der Waals surface area contributed by atoms with Crippen LogP contribution in [0.3, 0.4) is 0 Å². The van der Waals surface area contributed by atoms with Crippen molar-refractivity contribution < 1.29 is 4.79 Å². The smallest absolute Gasteiger partial charge is 0.259 e. The third-order valence-corrected chi connectivity index (χ3v) is 3.70. The Bertz CT molecular complexity index is 687. The van der Waals surface area contributed by atoms with E-state index in [1.54, 1.807) is 36.2 Å². The molecule has 0 spiro atoms. The molecule has 4 heteroatoms. The first-order valence-corrected chi connectivity index (χ1v) is 6.86. The third kappa shape index (κ3) is 2.89. The fourth-order valence-corrected chi connectivity index (χ4v) is 2.51. The van der Waals surface area contributed by atoms with Crippen molar-refractivity contribution in [2.24, 2.45) is 0 Å². The van der Waals surface area contributed by atoms with Gasteiger partial charge in [0.25, 0.3) is 5.91 Å². The first-order valence-electron chi connectivity index (χ1n) is 6.07. The van der Waals surface area contributed by atoms with Gasteiger partial charge in [0.15, 0.2) is 0 Å². The Morgan fingerprint density at radius 2 is 1.85 bits per heavy atom. The van der Waals surface area contributed by atoms with E-state index in [4.69, 9.17) is 5.26 Å². The number of halogens is 1. The number of hydrogen-bond donors (Lipinski definition) is 0. The SMILES string of the molecule is Cc1ccc(C(=O)N(C)c2ccc(C#N)cc2)c(Br)c1. The second-order valence-corrected chi connectivity index (χ2v) is 5.36. The minimum absolute atomic E-state index is 0.0958. The normalized spacial score (nSPS) is 9.90. The van der Waals surface area contributed by atoms with Gasteiger partial charge in [-0.25, -0.2) is 0 Å². The molecule has 0 bridgehead atoms. The molecular weight excluding hydrogens is 316 g/mol. The molecule has 0 heterocycles. The van der Waals surface area contributed by atoms with E-state index in [1.165, 1.54) is 0 Å². The summed E-state index contributed by atoms with van der Waals surface area (Å²) in [6.07, 6.45) is 0. The zero-order valence-corrected chi connectivity index (χ0v) is 12.8. The monoisotopic (exact) mass is 328 g/mol. The van der Waals surface area contributed by atoms with E-state index in [2.05, 4.69) is 22.0 Å².